The molecule has 29 heavy (non-hydrogen) atoms. The standard InChI is InChI=1S/C27H32N2/c1-5-21-11-9-12-22(6-2)27(21)26-15-14-24(19(3)28-26)18-29-17-16-23-10-7-8-13-25(23)20(29)4/h7-15,20H,5-6,16-18H2,1-4H3. The molecule has 1 aromatic heterocycles. The molecule has 0 radical (unpaired) electrons. The van der Waals surface area contributed by atoms with E-state index in [9.17, 15) is 0 Å². The van der Waals surface area contributed by atoms with Gasteiger partial charge in [-0.3, -0.25) is 9.88 Å². The van der Waals surface area contributed by atoms with Gasteiger partial charge >= 0.3 is 0 Å². The van der Waals surface area contributed by atoms with E-state index < -0.39 is 0 Å². The highest BCUT2D eigenvalue weighted by atomic mass is 15.2. The molecule has 0 saturated heterocycles. The van der Waals surface area contributed by atoms with E-state index in [0.717, 1.165) is 43.7 Å². The molecular formula is C27H32N2. The SMILES string of the molecule is CCc1cccc(CC)c1-c1ccc(CN2CCc3ccccc3C2C)c(C)n1. The van der Waals surface area contributed by atoms with E-state index in [0.29, 0.717) is 6.04 Å². The van der Waals surface area contributed by atoms with Gasteiger partial charge < -0.3 is 0 Å². The van der Waals surface area contributed by atoms with Gasteiger partial charge in [-0.2, -0.15) is 0 Å². The Morgan fingerprint density at radius 2 is 1.62 bits per heavy atom. The lowest BCUT2D eigenvalue weighted by atomic mass is 9.92. The topological polar surface area (TPSA) is 16.1 Å². The van der Waals surface area contributed by atoms with E-state index in [-0.39, 0.29) is 0 Å². The van der Waals surface area contributed by atoms with Gasteiger partial charge in [0.2, 0.25) is 0 Å². The number of rotatable bonds is 5. The second-order valence-corrected chi connectivity index (χ2v) is 8.19. The molecule has 1 aliphatic rings. The van der Waals surface area contributed by atoms with E-state index in [1.165, 1.54) is 33.4 Å². The van der Waals surface area contributed by atoms with Gasteiger partial charge in [-0.1, -0.05) is 62.4 Å². The number of hydrogen-bond donors (Lipinski definition) is 0. The zero-order valence-electron chi connectivity index (χ0n) is 18.2. The summed E-state index contributed by atoms with van der Waals surface area (Å²) >= 11 is 0. The third-order valence-electron chi connectivity index (χ3n) is 6.54. The molecule has 0 spiro atoms. The largest absolute Gasteiger partial charge is 0.292 e. The van der Waals surface area contributed by atoms with Crippen LogP contribution in [0.2, 0.25) is 0 Å². The lowest BCUT2D eigenvalue weighted by Crippen LogP contribution is -2.33. The van der Waals surface area contributed by atoms with Crippen molar-refractivity contribution in [2.45, 2.75) is 59.5 Å². The minimum absolute atomic E-state index is 0.450. The van der Waals surface area contributed by atoms with Gasteiger partial charge in [0, 0.05) is 30.4 Å². The van der Waals surface area contributed by atoms with Gasteiger partial charge in [0.25, 0.3) is 0 Å². The molecule has 0 aliphatic carbocycles. The monoisotopic (exact) mass is 384 g/mol. The third kappa shape index (κ3) is 3.86. The molecule has 2 aromatic carbocycles. The van der Waals surface area contributed by atoms with Gasteiger partial charge in [0.1, 0.15) is 0 Å². The Kier molecular flexibility index (Phi) is 5.82. The van der Waals surface area contributed by atoms with Gasteiger partial charge in [0.15, 0.2) is 0 Å². The van der Waals surface area contributed by atoms with Crippen LogP contribution in [0.25, 0.3) is 11.3 Å². The third-order valence-corrected chi connectivity index (χ3v) is 6.54. The lowest BCUT2D eigenvalue weighted by Gasteiger charge is -2.35. The van der Waals surface area contributed by atoms with E-state index in [1.807, 2.05) is 0 Å². The summed E-state index contributed by atoms with van der Waals surface area (Å²) in [6.07, 6.45) is 3.21. The summed E-state index contributed by atoms with van der Waals surface area (Å²) in [4.78, 5) is 7.66. The maximum absolute atomic E-state index is 5.07. The Labute approximate surface area is 175 Å². The average Bonchev–Trinajstić information content (AvgIpc) is 2.76. The zero-order chi connectivity index (χ0) is 20.4. The van der Waals surface area contributed by atoms with Crippen molar-refractivity contribution in [1.29, 1.82) is 0 Å². The second kappa shape index (κ2) is 8.51. The van der Waals surface area contributed by atoms with Gasteiger partial charge in [-0.15, -0.1) is 0 Å². The second-order valence-electron chi connectivity index (χ2n) is 8.19. The summed E-state index contributed by atoms with van der Waals surface area (Å²) < 4.78 is 0. The van der Waals surface area contributed by atoms with Crippen LogP contribution in [0.5, 0.6) is 0 Å². The first-order chi connectivity index (χ1) is 14.1. The van der Waals surface area contributed by atoms with Gasteiger partial charge in [-0.05, 0) is 67.0 Å². The van der Waals surface area contributed by atoms with Crippen molar-refractivity contribution in [3.05, 3.63) is 88.1 Å². The maximum atomic E-state index is 5.07. The molecular weight excluding hydrogens is 352 g/mol. The maximum Gasteiger partial charge on any atom is 0.0710 e. The fourth-order valence-corrected chi connectivity index (χ4v) is 4.73. The average molecular weight is 385 g/mol. The fourth-order valence-electron chi connectivity index (χ4n) is 4.73. The Hall–Kier alpha value is -2.45. The minimum atomic E-state index is 0.450. The number of hydrogen-bond acceptors (Lipinski definition) is 2. The Balaban J connectivity index is 1.61. The van der Waals surface area contributed by atoms with Crippen molar-refractivity contribution in [1.82, 2.24) is 9.88 Å². The molecule has 1 atom stereocenters. The number of fused-ring (bicyclic) bond motifs is 1. The lowest BCUT2D eigenvalue weighted by molar-refractivity contribution is 0.189. The van der Waals surface area contributed by atoms with Crippen molar-refractivity contribution < 1.29 is 0 Å². The molecule has 2 heterocycles. The summed E-state index contributed by atoms with van der Waals surface area (Å²) in [5.41, 5.74) is 10.7. The van der Waals surface area contributed by atoms with E-state index in [2.05, 4.69) is 87.2 Å². The van der Waals surface area contributed by atoms with Crippen LogP contribution in [0.1, 0.15) is 60.3 Å². The molecule has 4 rings (SSSR count). The first kappa shape index (κ1) is 19.8. The molecule has 0 amide bonds. The highest BCUT2D eigenvalue weighted by Gasteiger charge is 2.24. The number of pyridine rings is 1. The Morgan fingerprint density at radius 1 is 0.897 bits per heavy atom. The molecule has 0 N–H and O–H groups in total. The minimum Gasteiger partial charge on any atom is -0.292 e. The number of aromatic nitrogens is 1. The predicted octanol–water partition coefficient (Wildman–Crippen LogP) is 6.30. The van der Waals surface area contributed by atoms with Crippen LogP contribution in [0.15, 0.2) is 54.6 Å². The molecule has 0 saturated carbocycles. The predicted molar refractivity (Wildman–Crippen MR) is 122 cm³/mol. The first-order valence-electron chi connectivity index (χ1n) is 11.0. The summed E-state index contributed by atoms with van der Waals surface area (Å²) in [7, 11) is 0. The van der Waals surface area contributed by atoms with E-state index >= 15 is 0 Å². The van der Waals surface area contributed by atoms with Crippen LogP contribution < -0.4 is 0 Å². The van der Waals surface area contributed by atoms with Crippen molar-refractivity contribution in [2.75, 3.05) is 6.54 Å². The van der Waals surface area contributed by atoms with Crippen LogP contribution in [-0.4, -0.2) is 16.4 Å². The Morgan fingerprint density at radius 3 is 2.31 bits per heavy atom. The van der Waals surface area contributed by atoms with Crippen LogP contribution in [0, 0.1) is 6.92 Å². The molecule has 1 unspecified atom stereocenters. The molecule has 3 aromatic rings. The van der Waals surface area contributed by atoms with Crippen molar-refractivity contribution in [3.8, 4) is 11.3 Å². The van der Waals surface area contributed by atoms with E-state index in [1.54, 1.807) is 0 Å². The number of nitrogens with zero attached hydrogens (tertiary/aromatic N) is 2. The molecule has 1 aliphatic heterocycles. The van der Waals surface area contributed by atoms with Crippen LogP contribution in [-0.2, 0) is 25.8 Å². The Bertz CT molecular complexity index is 983. The fraction of sp³-hybridized carbons (Fsp3) is 0.370. The molecule has 150 valence electrons. The van der Waals surface area contributed by atoms with Crippen LogP contribution in [0.4, 0.5) is 0 Å². The quantitative estimate of drug-likeness (QED) is 0.513. The molecule has 2 nitrogen and oxygen atoms in total. The summed E-state index contributed by atoms with van der Waals surface area (Å²) in [5, 5.41) is 0. The number of aryl methyl sites for hydroxylation is 3. The highest BCUT2D eigenvalue weighted by Crippen LogP contribution is 2.32. The van der Waals surface area contributed by atoms with Crippen LogP contribution >= 0.6 is 0 Å². The molecule has 0 bridgehead atoms. The van der Waals surface area contributed by atoms with Crippen molar-refractivity contribution >= 4 is 0 Å². The first-order valence-corrected chi connectivity index (χ1v) is 11.0. The summed E-state index contributed by atoms with van der Waals surface area (Å²) in [5.74, 6) is 0. The van der Waals surface area contributed by atoms with E-state index in [4.69, 9.17) is 4.98 Å². The smallest absolute Gasteiger partial charge is 0.0710 e. The zero-order valence-corrected chi connectivity index (χ0v) is 18.2. The van der Waals surface area contributed by atoms with Crippen molar-refractivity contribution in [2.24, 2.45) is 0 Å². The normalized spacial score (nSPS) is 16.6. The van der Waals surface area contributed by atoms with Gasteiger partial charge in [0.05, 0.1) is 5.69 Å². The molecule has 2 heteroatoms. The highest BCUT2D eigenvalue weighted by molar-refractivity contribution is 5.68. The van der Waals surface area contributed by atoms with Gasteiger partial charge in [-0.25, -0.2) is 0 Å². The number of benzene rings is 2. The molecule has 0 fully saturated rings. The van der Waals surface area contributed by atoms with Crippen molar-refractivity contribution in [3.63, 3.8) is 0 Å². The van der Waals surface area contributed by atoms with Crippen LogP contribution in [0.3, 0.4) is 0 Å². The summed E-state index contributed by atoms with van der Waals surface area (Å²) in [6.45, 7) is 11.0. The summed E-state index contributed by atoms with van der Waals surface area (Å²) in [6, 6.07) is 20.5.